The minimum Gasteiger partial charge on any atom is -0.352 e. The molecule has 1 atom stereocenters. The largest absolute Gasteiger partial charge is 0.352 e. The summed E-state index contributed by atoms with van der Waals surface area (Å²) in [6, 6.07) is 25.5. The molecule has 3 heteroatoms. The molecule has 3 aromatic carbocycles. The number of rotatable bonds is 5. The van der Waals surface area contributed by atoms with E-state index in [-0.39, 0.29) is 6.04 Å². The van der Waals surface area contributed by atoms with Crippen LogP contribution in [-0.4, -0.2) is 5.11 Å². The Morgan fingerprint density at radius 1 is 0.821 bits per heavy atom. The van der Waals surface area contributed by atoms with Crippen molar-refractivity contribution in [2.45, 2.75) is 39.7 Å². The number of aryl methyl sites for hydroxylation is 2. The average molecular weight is 389 g/mol. The Balaban J connectivity index is 1.82. The molecule has 0 radical (unpaired) electrons. The van der Waals surface area contributed by atoms with E-state index in [2.05, 4.69) is 105 Å². The van der Waals surface area contributed by atoms with Crippen LogP contribution in [0.3, 0.4) is 0 Å². The Morgan fingerprint density at radius 2 is 1.50 bits per heavy atom. The summed E-state index contributed by atoms with van der Waals surface area (Å²) in [5.41, 5.74) is 7.26. The van der Waals surface area contributed by atoms with Gasteiger partial charge in [0.2, 0.25) is 0 Å². The van der Waals surface area contributed by atoms with E-state index < -0.39 is 0 Å². The van der Waals surface area contributed by atoms with Crippen molar-refractivity contribution in [1.29, 1.82) is 0 Å². The van der Waals surface area contributed by atoms with Crippen LogP contribution in [0, 0.1) is 13.8 Å². The normalized spacial score (nSPS) is 11.9. The summed E-state index contributed by atoms with van der Waals surface area (Å²) in [6.07, 6.45) is 0. The van der Waals surface area contributed by atoms with Crippen molar-refractivity contribution < 1.29 is 0 Å². The van der Waals surface area contributed by atoms with Crippen LogP contribution in [0.15, 0.2) is 72.8 Å². The van der Waals surface area contributed by atoms with E-state index in [0.717, 1.165) is 5.69 Å². The smallest absolute Gasteiger partial charge is 0.171 e. The molecule has 0 aliphatic rings. The number of benzene rings is 3. The van der Waals surface area contributed by atoms with Gasteiger partial charge in [-0.3, -0.25) is 0 Å². The quantitative estimate of drug-likeness (QED) is 0.488. The molecule has 0 heterocycles. The highest BCUT2D eigenvalue weighted by atomic mass is 32.1. The second-order valence-electron chi connectivity index (χ2n) is 7.58. The first kappa shape index (κ1) is 20.1. The zero-order valence-electron chi connectivity index (χ0n) is 17.0. The van der Waals surface area contributed by atoms with Gasteiger partial charge in [0.25, 0.3) is 0 Å². The SMILES string of the molecule is Cc1ccc(C(NC(=S)Nc2ccc(C(C)C)cc2)c2ccccc2)c(C)c1. The van der Waals surface area contributed by atoms with Gasteiger partial charge in [-0.2, -0.15) is 0 Å². The van der Waals surface area contributed by atoms with Gasteiger partial charge in [0.1, 0.15) is 0 Å². The third-order valence-corrected chi connectivity index (χ3v) is 5.20. The number of nitrogens with one attached hydrogen (secondary N) is 2. The third kappa shape index (κ3) is 4.99. The van der Waals surface area contributed by atoms with E-state index in [0.29, 0.717) is 11.0 Å². The molecule has 3 rings (SSSR count). The van der Waals surface area contributed by atoms with Crippen LogP contribution in [-0.2, 0) is 0 Å². The molecule has 0 amide bonds. The van der Waals surface area contributed by atoms with Gasteiger partial charge in [0, 0.05) is 5.69 Å². The van der Waals surface area contributed by atoms with Crippen LogP contribution in [0.5, 0.6) is 0 Å². The highest BCUT2D eigenvalue weighted by Gasteiger charge is 2.17. The molecular weight excluding hydrogens is 360 g/mol. The van der Waals surface area contributed by atoms with Gasteiger partial charge >= 0.3 is 0 Å². The minimum absolute atomic E-state index is 0.00302. The molecule has 144 valence electrons. The third-order valence-electron chi connectivity index (χ3n) is 4.98. The van der Waals surface area contributed by atoms with E-state index >= 15 is 0 Å². The summed E-state index contributed by atoms with van der Waals surface area (Å²) in [7, 11) is 0. The Kier molecular flexibility index (Phi) is 6.48. The van der Waals surface area contributed by atoms with E-state index in [1.807, 2.05) is 6.07 Å². The fourth-order valence-corrected chi connectivity index (χ4v) is 3.62. The van der Waals surface area contributed by atoms with Crippen molar-refractivity contribution in [2.75, 3.05) is 5.32 Å². The van der Waals surface area contributed by atoms with Gasteiger partial charge < -0.3 is 10.6 Å². The Morgan fingerprint density at radius 3 is 2.11 bits per heavy atom. The monoisotopic (exact) mass is 388 g/mol. The first-order chi connectivity index (χ1) is 13.4. The fraction of sp³-hybridized carbons (Fsp3) is 0.240. The van der Waals surface area contributed by atoms with Crippen molar-refractivity contribution in [1.82, 2.24) is 5.32 Å². The lowest BCUT2D eigenvalue weighted by molar-refractivity contribution is 0.762. The lowest BCUT2D eigenvalue weighted by Crippen LogP contribution is -2.33. The van der Waals surface area contributed by atoms with E-state index in [9.17, 15) is 0 Å². The average Bonchev–Trinajstić information content (AvgIpc) is 2.68. The minimum atomic E-state index is -0.00302. The molecular formula is C25H28N2S. The predicted molar refractivity (Wildman–Crippen MR) is 124 cm³/mol. The maximum atomic E-state index is 5.64. The van der Waals surface area contributed by atoms with Gasteiger partial charge in [0.05, 0.1) is 6.04 Å². The molecule has 28 heavy (non-hydrogen) atoms. The molecule has 3 aromatic rings. The number of thiocarbonyl (C=S) groups is 1. The van der Waals surface area contributed by atoms with Gasteiger partial charge in [-0.1, -0.05) is 80.1 Å². The van der Waals surface area contributed by atoms with E-state index in [1.54, 1.807) is 0 Å². The van der Waals surface area contributed by atoms with Gasteiger partial charge in [-0.25, -0.2) is 0 Å². The van der Waals surface area contributed by atoms with Gasteiger partial charge in [-0.15, -0.1) is 0 Å². The first-order valence-electron chi connectivity index (χ1n) is 9.73. The van der Waals surface area contributed by atoms with Crippen LogP contribution in [0.1, 0.15) is 53.6 Å². The molecule has 0 bridgehead atoms. The topological polar surface area (TPSA) is 24.1 Å². The second kappa shape index (κ2) is 9.03. The molecule has 2 nitrogen and oxygen atoms in total. The van der Waals surface area contributed by atoms with Crippen molar-refractivity contribution in [3.05, 3.63) is 101 Å². The first-order valence-corrected chi connectivity index (χ1v) is 10.1. The second-order valence-corrected chi connectivity index (χ2v) is 7.99. The molecule has 0 saturated heterocycles. The predicted octanol–water partition coefficient (Wildman–Crippen LogP) is 6.50. The molecule has 0 saturated carbocycles. The van der Waals surface area contributed by atoms with Crippen LogP contribution in [0.4, 0.5) is 5.69 Å². The molecule has 0 fully saturated rings. The number of anilines is 1. The summed E-state index contributed by atoms with van der Waals surface area (Å²) in [6.45, 7) is 8.67. The molecule has 0 aromatic heterocycles. The van der Waals surface area contributed by atoms with Gasteiger partial charge in [0.15, 0.2) is 5.11 Å². The highest BCUT2D eigenvalue weighted by Crippen LogP contribution is 2.26. The maximum absolute atomic E-state index is 5.64. The van der Waals surface area contributed by atoms with Crippen molar-refractivity contribution in [3.63, 3.8) is 0 Å². The Hall–Kier alpha value is -2.65. The van der Waals surface area contributed by atoms with Crippen LogP contribution in [0.2, 0.25) is 0 Å². The number of hydrogen-bond donors (Lipinski definition) is 2. The Bertz CT molecular complexity index is 931. The van der Waals surface area contributed by atoms with Crippen LogP contribution >= 0.6 is 12.2 Å². The highest BCUT2D eigenvalue weighted by molar-refractivity contribution is 7.80. The molecule has 0 aliphatic carbocycles. The van der Waals surface area contributed by atoms with Crippen LogP contribution < -0.4 is 10.6 Å². The fourth-order valence-electron chi connectivity index (χ4n) is 3.39. The number of hydrogen-bond acceptors (Lipinski definition) is 1. The maximum Gasteiger partial charge on any atom is 0.171 e. The van der Waals surface area contributed by atoms with E-state index in [1.165, 1.54) is 27.8 Å². The Labute approximate surface area is 174 Å². The lowest BCUT2D eigenvalue weighted by Gasteiger charge is -2.24. The summed E-state index contributed by atoms with van der Waals surface area (Å²) >= 11 is 5.64. The molecule has 0 spiro atoms. The van der Waals surface area contributed by atoms with E-state index in [4.69, 9.17) is 12.2 Å². The lowest BCUT2D eigenvalue weighted by atomic mass is 9.94. The summed E-state index contributed by atoms with van der Waals surface area (Å²) < 4.78 is 0. The standard InChI is InChI=1S/C25H28N2S/c1-17(2)20-11-13-22(14-12-20)26-25(28)27-24(21-8-6-5-7-9-21)23-15-10-18(3)16-19(23)4/h5-17,24H,1-4H3,(H2,26,27,28). The van der Waals surface area contributed by atoms with Gasteiger partial charge in [-0.05, 0) is 66.4 Å². The summed E-state index contributed by atoms with van der Waals surface area (Å²) in [5.74, 6) is 0.520. The summed E-state index contributed by atoms with van der Waals surface area (Å²) in [5, 5.41) is 7.46. The molecule has 2 N–H and O–H groups in total. The molecule has 1 unspecified atom stereocenters. The van der Waals surface area contributed by atoms with Crippen molar-refractivity contribution >= 4 is 23.0 Å². The zero-order valence-corrected chi connectivity index (χ0v) is 17.8. The zero-order chi connectivity index (χ0) is 20.1. The molecule has 0 aliphatic heterocycles. The van der Waals surface area contributed by atoms with Crippen LogP contribution in [0.25, 0.3) is 0 Å². The van der Waals surface area contributed by atoms with Crippen molar-refractivity contribution in [3.8, 4) is 0 Å². The van der Waals surface area contributed by atoms with Crippen molar-refractivity contribution in [2.24, 2.45) is 0 Å². The summed E-state index contributed by atoms with van der Waals surface area (Å²) in [4.78, 5) is 0.